The summed E-state index contributed by atoms with van der Waals surface area (Å²) in [5.41, 5.74) is 1.54. The summed E-state index contributed by atoms with van der Waals surface area (Å²) in [6.07, 6.45) is 4.17. The van der Waals surface area contributed by atoms with Gasteiger partial charge >= 0.3 is 0 Å². The lowest BCUT2D eigenvalue weighted by Crippen LogP contribution is -2.36. The minimum absolute atomic E-state index is 0.940. The quantitative estimate of drug-likeness (QED) is 0.786. The highest BCUT2D eigenvalue weighted by Crippen LogP contribution is 2.36. The molecule has 1 aliphatic rings. The summed E-state index contributed by atoms with van der Waals surface area (Å²) in [5.74, 6) is 1.89. The molecule has 1 heterocycles. The van der Waals surface area contributed by atoms with Crippen molar-refractivity contribution in [2.24, 2.45) is 11.8 Å². The van der Waals surface area contributed by atoms with Gasteiger partial charge in [-0.2, -0.15) is 11.3 Å². The van der Waals surface area contributed by atoms with Crippen molar-refractivity contribution in [2.75, 3.05) is 13.1 Å². The van der Waals surface area contributed by atoms with Gasteiger partial charge in [0.1, 0.15) is 0 Å². The molecular weight excluding hydrogens is 190 g/mol. The van der Waals surface area contributed by atoms with Gasteiger partial charge in [0.2, 0.25) is 0 Å². The van der Waals surface area contributed by atoms with E-state index >= 15 is 0 Å². The fraction of sp³-hybridized carbons (Fsp3) is 0.667. The Morgan fingerprint density at radius 1 is 1.43 bits per heavy atom. The highest BCUT2D eigenvalue weighted by atomic mass is 32.1. The summed E-state index contributed by atoms with van der Waals surface area (Å²) in [5, 5.41) is 7.94. The van der Waals surface area contributed by atoms with Crippen LogP contribution in [0.25, 0.3) is 0 Å². The molecule has 0 spiro atoms. The van der Waals surface area contributed by atoms with E-state index in [2.05, 4.69) is 29.1 Å². The zero-order chi connectivity index (χ0) is 9.80. The van der Waals surface area contributed by atoms with Crippen molar-refractivity contribution in [3.05, 3.63) is 22.4 Å². The number of rotatable bonds is 5. The smallest absolute Gasteiger partial charge is 0.00179 e. The Bertz CT molecular complexity index is 255. The van der Waals surface area contributed by atoms with Gasteiger partial charge in [0.15, 0.2) is 0 Å². The lowest BCUT2D eigenvalue weighted by Gasteiger charge is -2.36. The van der Waals surface area contributed by atoms with Crippen LogP contribution >= 0.6 is 11.3 Å². The van der Waals surface area contributed by atoms with E-state index < -0.39 is 0 Å². The molecule has 0 bridgehead atoms. The highest BCUT2D eigenvalue weighted by molar-refractivity contribution is 7.07. The Kier molecular flexibility index (Phi) is 3.60. The van der Waals surface area contributed by atoms with Gasteiger partial charge < -0.3 is 5.32 Å². The van der Waals surface area contributed by atoms with Crippen LogP contribution in [0, 0.1) is 11.8 Å². The van der Waals surface area contributed by atoms with E-state index in [1.165, 1.54) is 25.8 Å². The second kappa shape index (κ2) is 4.94. The topological polar surface area (TPSA) is 12.0 Å². The third-order valence-corrected chi connectivity index (χ3v) is 4.04. The fourth-order valence-corrected chi connectivity index (χ4v) is 2.90. The zero-order valence-corrected chi connectivity index (χ0v) is 9.65. The Labute approximate surface area is 90.5 Å². The predicted molar refractivity (Wildman–Crippen MR) is 62.8 cm³/mol. The number of thiophene rings is 1. The van der Waals surface area contributed by atoms with E-state index in [4.69, 9.17) is 0 Å². The maximum atomic E-state index is 3.46. The van der Waals surface area contributed by atoms with Crippen molar-refractivity contribution >= 4 is 11.3 Å². The second-order valence-corrected chi connectivity index (χ2v) is 5.02. The average molecular weight is 209 g/mol. The molecule has 0 saturated heterocycles. The third-order valence-electron chi connectivity index (χ3n) is 3.31. The Hall–Kier alpha value is -0.340. The predicted octanol–water partition coefficient (Wildman–Crippen LogP) is 2.93. The number of nitrogens with one attached hydrogen (secondary N) is 1. The summed E-state index contributed by atoms with van der Waals surface area (Å²) < 4.78 is 0. The Morgan fingerprint density at radius 2 is 2.29 bits per heavy atom. The standard InChI is InChI=1S/C12H19NS/c1-2-13-8-12-4-3-11(12)7-10-5-6-14-9-10/h5-6,9,11-13H,2-4,7-8H2,1H3. The first-order valence-corrected chi connectivity index (χ1v) is 6.56. The van der Waals surface area contributed by atoms with E-state index in [-0.39, 0.29) is 0 Å². The second-order valence-electron chi connectivity index (χ2n) is 4.24. The highest BCUT2D eigenvalue weighted by Gasteiger charge is 2.29. The maximum Gasteiger partial charge on any atom is -0.00179 e. The molecule has 1 aromatic rings. The minimum atomic E-state index is 0.940. The van der Waals surface area contributed by atoms with Crippen LogP contribution in [0.4, 0.5) is 0 Å². The van der Waals surface area contributed by atoms with Crippen molar-refractivity contribution in [1.29, 1.82) is 0 Å². The summed E-state index contributed by atoms with van der Waals surface area (Å²) in [4.78, 5) is 0. The van der Waals surface area contributed by atoms with Crippen LogP contribution in [0.15, 0.2) is 16.8 Å². The SMILES string of the molecule is CCNCC1CCC1Cc1ccsc1. The van der Waals surface area contributed by atoms with Crippen LogP contribution in [0.3, 0.4) is 0 Å². The van der Waals surface area contributed by atoms with E-state index in [9.17, 15) is 0 Å². The van der Waals surface area contributed by atoms with Gasteiger partial charge in [-0.25, -0.2) is 0 Å². The summed E-state index contributed by atoms with van der Waals surface area (Å²) in [6.45, 7) is 4.53. The molecule has 1 aliphatic carbocycles. The first-order chi connectivity index (χ1) is 6.90. The van der Waals surface area contributed by atoms with Gasteiger partial charge in [-0.3, -0.25) is 0 Å². The van der Waals surface area contributed by atoms with Gasteiger partial charge in [-0.05, 0) is 66.6 Å². The van der Waals surface area contributed by atoms with Gasteiger partial charge in [0.25, 0.3) is 0 Å². The molecule has 2 rings (SSSR count). The van der Waals surface area contributed by atoms with E-state index in [0.29, 0.717) is 0 Å². The largest absolute Gasteiger partial charge is 0.317 e. The first-order valence-electron chi connectivity index (χ1n) is 5.62. The number of hydrogen-bond donors (Lipinski definition) is 1. The van der Waals surface area contributed by atoms with E-state index in [1.54, 1.807) is 5.56 Å². The normalized spacial score (nSPS) is 26.1. The van der Waals surface area contributed by atoms with Crippen LogP contribution in [0.1, 0.15) is 25.3 Å². The molecule has 14 heavy (non-hydrogen) atoms. The van der Waals surface area contributed by atoms with Crippen molar-refractivity contribution in [1.82, 2.24) is 5.32 Å². The summed E-state index contributed by atoms with van der Waals surface area (Å²) >= 11 is 1.82. The third kappa shape index (κ3) is 2.37. The average Bonchev–Trinajstić information content (AvgIpc) is 2.65. The monoisotopic (exact) mass is 209 g/mol. The molecular formula is C12H19NS. The van der Waals surface area contributed by atoms with Crippen molar-refractivity contribution < 1.29 is 0 Å². The number of hydrogen-bond acceptors (Lipinski definition) is 2. The van der Waals surface area contributed by atoms with E-state index in [0.717, 1.165) is 18.4 Å². The fourth-order valence-electron chi connectivity index (χ4n) is 2.22. The molecule has 1 nitrogen and oxygen atoms in total. The zero-order valence-electron chi connectivity index (χ0n) is 8.83. The molecule has 2 atom stereocenters. The molecule has 1 saturated carbocycles. The van der Waals surface area contributed by atoms with Crippen LogP contribution in [-0.2, 0) is 6.42 Å². The molecule has 2 unspecified atom stereocenters. The van der Waals surface area contributed by atoms with Gasteiger partial charge in [-0.1, -0.05) is 6.92 Å². The van der Waals surface area contributed by atoms with Crippen LogP contribution < -0.4 is 5.32 Å². The van der Waals surface area contributed by atoms with Gasteiger partial charge in [-0.15, -0.1) is 0 Å². The van der Waals surface area contributed by atoms with Crippen LogP contribution in [-0.4, -0.2) is 13.1 Å². The molecule has 1 N–H and O–H groups in total. The lowest BCUT2D eigenvalue weighted by atomic mass is 9.71. The molecule has 1 aromatic heterocycles. The van der Waals surface area contributed by atoms with Gasteiger partial charge in [0.05, 0.1) is 0 Å². The van der Waals surface area contributed by atoms with Crippen molar-refractivity contribution in [3.8, 4) is 0 Å². The molecule has 0 aromatic carbocycles. The van der Waals surface area contributed by atoms with E-state index in [1.807, 2.05) is 11.3 Å². The van der Waals surface area contributed by atoms with Crippen LogP contribution in [0.2, 0.25) is 0 Å². The van der Waals surface area contributed by atoms with Gasteiger partial charge in [0, 0.05) is 0 Å². The first kappa shape index (κ1) is 10.2. The minimum Gasteiger partial charge on any atom is -0.317 e. The molecule has 2 heteroatoms. The summed E-state index contributed by atoms with van der Waals surface area (Å²) in [7, 11) is 0. The summed E-state index contributed by atoms with van der Waals surface area (Å²) in [6, 6.07) is 2.27. The molecule has 0 amide bonds. The van der Waals surface area contributed by atoms with Crippen LogP contribution in [0.5, 0.6) is 0 Å². The molecule has 0 aliphatic heterocycles. The van der Waals surface area contributed by atoms with Crippen molar-refractivity contribution in [3.63, 3.8) is 0 Å². The molecule has 1 fully saturated rings. The lowest BCUT2D eigenvalue weighted by molar-refractivity contribution is 0.172. The molecule has 0 radical (unpaired) electrons. The Morgan fingerprint density at radius 3 is 2.86 bits per heavy atom. The molecule has 78 valence electrons. The maximum absolute atomic E-state index is 3.46. The van der Waals surface area contributed by atoms with Crippen molar-refractivity contribution in [2.45, 2.75) is 26.2 Å². The Balaban J connectivity index is 1.76.